The van der Waals surface area contributed by atoms with Crippen LogP contribution in [0.2, 0.25) is 0 Å². The van der Waals surface area contributed by atoms with Crippen LogP contribution in [0.3, 0.4) is 0 Å². The van der Waals surface area contributed by atoms with E-state index in [4.69, 9.17) is 9.47 Å². The summed E-state index contributed by atoms with van der Waals surface area (Å²) in [5.41, 5.74) is 0. The lowest BCUT2D eigenvalue weighted by atomic mass is 9.69. The maximum atomic E-state index is 12.7. The Morgan fingerprint density at radius 2 is 2.04 bits per heavy atom. The first-order chi connectivity index (χ1) is 13.5. The van der Waals surface area contributed by atoms with Crippen molar-refractivity contribution in [3.05, 3.63) is 0 Å². The van der Waals surface area contributed by atoms with Gasteiger partial charge in [0.25, 0.3) is 0 Å². The zero-order valence-electron chi connectivity index (χ0n) is 17.7. The van der Waals surface area contributed by atoms with E-state index in [1.54, 1.807) is 0 Å². The molecule has 2 saturated carbocycles. The van der Waals surface area contributed by atoms with Crippen LogP contribution < -0.4 is 5.32 Å². The van der Waals surface area contributed by atoms with Crippen molar-refractivity contribution < 1.29 is 19.4 Å². The number of rotatable bonds is 5. The van der Waals surface area contributed by atoms with Gasteiger partial charge in [0.15, 0.2) is 0 Å². The molecule has 6 heteroatoms. The Morgan fingerprint density at radius 3 is 2.79 bits per heavy atom. The van der Waals surface area contributed by atoms with E-state index >= 15 is 0 Å². The molecule has 2 heterocycles. The molecular weight excluding hydrogens is 356 g/mol. The van der Waals surface area contributed by atoms with Crippen LogP contribution in [-0.2, 0) is 14.3 Å². The maximum Gasteiger partial charge on any atom is 0.310 e. The molecule has 0 radical (unpaired) electrons. The molecule has 0 aromatic heterocycles. The van der Waals surface area contributed by atoms with Crippen LogP contribution in [0, 0.1) is 23.7 Å². The number of carbonyl (C=O) groups is 1. The van der Waals surface area contributed by atoms with Gasteiger partial charge in [-0.05, 0) is 70.8 Å². The molecule has 2 aliphatic heterocycles. The summed E-state index contributed by atoms with van der Waals surface area (Å²) in [5, 5.41) is 14.6. The van der Waals surface area contributed by atoms with Gasteiger partial charge >= 0.3 is 5.97 Å². The quantitative estimate of drug-likeness (QED) is 0.693. The number of hydrogen-bond donors (Lipinski definition) is 2. The normalized spacial score (nSPS) is 46.2. The van der Waals surface area contributed by atoms with Crippen molar-refractivity contribution in [1.82, 2.24) is 10.2 Å². The molecule has 2 aliphatic carbocycles. The molecule has 9 unspecified atom stereocenters. The minimum absolute atomic E-state index is 0.0889. The molecule has 2 N–H and O–H groups in total. The molecule has 0 bridgehead atoms. The van der Waals surface area contributed by atoms with Gasteiger partial charge in [0.1, 0.15) is 0 Å². The molecule has 4 aliphatic rings. The van der Waals surface area contributed by atoms with Crippen LogP contribution in [0.1, 0.15) is 52.4 Å². The lowest BCUT2D eigenvalue weighted by molar-refractivity contribution is -0.152. The molecule has 4 fully saturated rings. The van der Waals surface area contributed by atoms with Gasteiger partial charge in [0.2, 0.25) is 0 Å². The SMILES string of the molecule is CCOC(=O)C1C(C)NC2CCC(O)C(CN3CCC4CC(OC)CCC43)C21. The van der Waals surface area contributed by atoms with Crippen molar-refractivity contribution in [1.29, 1.82) is 0 Å². The molecule has 160 valence electrons. The third kappa shape index (κ3) is 3.73. The third-order valence-electron chi connectivity index (χ3n) is 8.14. The minimum atomic E-state index is -0.320. The highest BCUT2D eigenvalue weighted by Crippen LogP contribution is 2.45. The zero-order valence-corrected chi connectivity index (χ0v) is 17.7. The van der Waals surface area contributed by atoms with E-state index < -0.39 is 0 Å². The van der Waals surface area contributed by atoms with Crippen LogP contribution in [0.25, 0.3) is 0 Å². The number of nitrogens with one attached hydrogen (secondary N) is 1. The lowest BCUT2D eigenvalue weighted by Crippen LogP contribution is -2.51. The Labute approximate surface area is 169 Å². The van der Waals surface area contributed by atoms with Crippen LogP contribution in [0.5, 0.6) is 0 Å². The molecule has 0 aromatic rings. The number of aliphatic hydroxyl groups is 1. The van der Waals surface area contributed by atoms with Gasteiger partial charge in [-0.25, -0.2) is 0 Å². The Kier molecular flexibility index (Phi) is 6.31. The van der Waals surface area contributed by atoms with Crippen molar-refractivity contribution in [3.63, 3.8) is 0 Å². The number of hydrogen-bond acceptors (Lipinski definition) is 6. The summed E-state index contributed by atoms with van der Waals surface area (Å²) in [5.74, 6) is 0.801. The van der Waals surface area contributed by atoms with Gasteiger partial charge in [-0.1, -0.05) is 0 Å². The van der Waals surface area contributed by atoms with E-state index in [2.05, 4.69) is 17.1 Å². The number of carbonyl (C=O) groups excluding carboxylic acids is 1. The van der Waals surface area contributed by atoms with Crippen LogP contribution in [-0.4, -0.2) is 73.1 Å². The van der Waals surface area contributed by atoms with Gasteiger partial charge < -0.3 is 19.9 Å². The second-order valence-electron chi connectivity index (χ2n) is 9.51. The summed E-state index contributed by atoms with van der Waals surface area (Å²) in [6.07, 6.45) is 6.60. The molecule has 2 saturated heterocycles. The van der Waals surface area contributed by atoms with Gasteiger partial charge in [-0.2, -0.15) is 0 Å². The topological polar surface area (TPSA) is 71.0 Å². The summed E-state index contributed by atoms with van der Waals surface area (Å²) in [4.78, 5) is 15.3. The molecule has 6 nitrogen and oxygen atoms in total. The molecule has 0 spiro atoms. The number of esters is 1. The summed E-state index contributed by atoms with van der Waals surface area (Å²) in [6.45, 7) is 6.41. The number of aliphatic hydroxyl groups excluding tert-OH is 1. The molecule has 9 atom stereocenters. The van der Waals surface area contributed by atoms with Crippen LogP contribution >= 0.6 is 0 Å². The number of likely N-dealkylation sites (tertiary alicyclic amines) is 1. The highest BCUT2D eigenvalue weighted by molar-refractivity contribution is 5.74. The van der Waals surface area contributed by atoms with Crippen LogP contribution in [0.15, 0.2) is 0 Å². The first-order valence-corrected chi connectivity index (χ1v) is 11.4. The molecular formula is C22H38N2O4. The smallest absolute Gasteiger partial charge is 0.310 e. The molecule has 0 amide bonds. The second-order valence-corrected chi connectivity index (χ2v) is 9.51. The standard InChI is InChI=1S/C22H38N2O4/c1-4-28-22(26)20-13(2)23-17-6-8-19(25)16(21(17)20)12-24-10-9-14-11-15(27-3)5-7-18(14)24/h13-21,23,25H,4-12H2,1-3H3. The number of fused-ring (bicyclic) bond motifs is 2. The Hall–Kier alpha value is -0.690. The van der Waals surface area contributed by atoms with Gasteiger partial charge in [0, 0.05) is 37.7 Å². The summed E-state index contributed by atoms with van der Waals surface area (Å²) < 4.78 is 11.0. The van der Waals surface area contributed by atoms with Crippen LogP contribution in [0.4, 0.5) is 0 Å². The Balaban J connectivity index is 1.48. The monoisotopic (exact) mass is 394 g/mol. The van der Waals surface area contributed by atoms with E-state index in [0.29, 0.717) is 24.8 Å². The van der Waals surface area contributed by atoms with E-state index in [9.17, 15) is 9.90 Å². The lowest BCUT2D eigenvalue weighted by Gasteiger charge is -2.43. The molecule has 4 rings (SSSR count). The highest BCUT2D eigenvalue weighted by atomic mass is 16.5. The fourth-order valence-corrected chi connectivity index (χ4v) is 6.85. The van der Waals surface area contributed by atoms with Crippen molar-refractivity contribution in [3.8, 4) is 0 Å². The fourth-order valence-electron chi connectivity index (χ4n) is 6.85. The predicted molar refractivity (Wildman–Crippen MR) is 107 cm³/mol. The van der Waals surface area contributed by atoms with E-state index in [0.717, 1.165) is 38.3 Å². The summed E-state index contributed by atoms with van der Waals surface area (Å²) >= 11 is 0. The Morgan fingerprint density at radius 1 is 1.21 bits per heavy atom. The van der Waals surface area contributed by atoms with Crippen molar-refractivity contribution in [2.45, 2.75) is 82.7 Å². The maximum absolute atomic E-state index is 12.7. The highest BCUT2D eigenvalue weighted by Gasteiger charge is 2.53. The van der Waals surface area contributed by atoms with Crippen molar-refractivity contribution in [2.24, 2.45) is 23.7 Å². The van der Waals surface area contributed by atoms with E-state index in [1.165, 1.54) is 19.3 Å². The zero-order chi connectivity index (χ0) is 19.8. The van der Waals surface area contributed by atoms with Crippen molar-refractivity contribution in [2.75, 3.05) is 26.8 Å². The van der Waals surface area contributed by atoms with Gasteiger partial charge in [-0.15, -0.1) is 0 Å². The van der Waals surface area contributed by atoms with Gasteiger partial charge in [-0.3, -0.25) is 9.69 Å². The van der Waals surface area contributed by atoms with E-state index in [1.807, 2.05) is 14.0 Å². The van der Waals surface area contributed by atoms with E-state index in [-0.39, 0.29) is 35.9 Å². The third-order valence-corrected chi connectivity index (χ3v) is 8.14. The molecule has 28 heavy (non-hydrogen) atoms. The second kappa shape index (κ2) is 8.58. The Bertz CT molecular complexity index is 559. The van der Waals surface area contributed by atoms with Gasteiger partial charge in [0.05, 0.1) is 24.7 Å². The predicted octanol–water partition coefficient (Wildman–Crippen LogP) is 1.80. The minimum Gasteiger partial charge on any atom is -0.466 e. The fraction of sp³-hybridized carbons (Fsp3) is 0.955. The average molecular weight is 395 g/mol. The first kappa shape index (κ1) is 20.6. The first-order valence-electron chi connectivity index (χ1n) is 11.4. The summed E-state index contributed by atoms with van der Waals surface area (Å²) in [7, 11) is 1.83. The number of nitrogens with zero attached hydrogens (tertiary/aromatic N) is 1. The van der Waals surface area contributed by atoms with Crippen molar-refractivity contribution >= 4 is 5.97 Å². The largest absolute Gasteiger partial charge is 0.466 e. The average Bonchev–Trinajstić information content (AvgIpc) is 3.24. The number of ether oxygens (including phenoxy) is 2. The summed E-state index contributed by atoms with van der Waals surface area (Å²) in [6, 6.07) is 1.05. The molecule has 0 aromatic carbocycles. The number of methoxy groups -OCH3 is 1.